The molecule has 0 aliphatic heterocycles. The summed E-state index contributed by atoms with van der Waals surface area (Å²) in [6.45, 7) is 2.14. The number of fused-ring (bicyclic) bond motifs is 3. The van der Waals surface area contributed by atoms with Gasteiger partial charge in [0.2, 0.25) is 5.69 Å². The molecule has 0 atom stereocenters. The lowest BCUT2D eigenvalue weighted by atomic mass is 9.73. The molecular weight excluding hydrogens is 488 g/mol. The molecule has 0 spiro atoms. The van der Waals surface area contributed by atoms with E-state index < -0.39 is 0 Å². The average molecular weight is 526 g/mol. The zero-order valence-corrected chi connectivity index (χ0v) is 23.6. The van der Waals surface area contributed by atoms with E-state index >= 15 is 0 Å². The zero-order valence-electron chi connectivity index (χ0n) is 23.6. The van der Waals surface area contributed by atoms with E-state index in [9.17, 15) is 5.26 Å². The van der Waals surface area contributed by atoms with Gasteiger partial charge < -0.3 is 4.42 Å². The molecule has 2 aliphatic carbocycles. The van der Waals surface area contributed by atoms with Gasteiger partial charge in [0.25, 0.3) is 0 Å². The molecule has 7 rings (SSSR count). The zero-order chi connectivity index (χ0) is 27.2. The molecule has 2 aliphatic rings. The second kappa shape index (κ2) is 10.3. The van der Waals surface area contributed by atoms with Crippen molar-refractivity contribution in [2.45, 2.75) is 64.2 Å². The summed E-state index contributed by atoms with van der Waals surface area (Å²) >= 11 is 0. The third-order valence-electron chi connectivity index (χ3n) is 9.96. The van der Waals surface area contributed by atoms with E-state index in [1.165, 1.54) is 62.5 Å². The van der Waals surface area contributed by atoms with Crippen molar-refractivity contribution >= 4 is 21.9 Å². The van der Waals surface area contributed by atoms with Crippen molar-refractivity contribution < 1.29 is 8.98 Å². The van der Waals surface area contributed by atoms with Gasteiger partial charge in [0.15, 0.2) is 6.20 Å². The van der Waals surface area contributed by atoms with Gasteiger partial charge in [0, 0.05) is 28.5 Å². The predicted octanol–water partition coefficient (Wildman–Crippen LogP) is 9.39. The molecule has 3 aromatic carbocycles. The number of nitriles is 1. The van der Waals surface area contributed by atoms with Crippen molar-refractivity contribution in [1.29, 1.82) is 5.26 Å². The van der Waals surface area contributed by atoms with Gasteiger partial charge in [-0.15, -0.1) is 0 Å². The molecule has 0 unspecified atom stereocenters. The molecule has 0 saturated heterocycles. The van der Waals surface area contributed by atoms with Crippen LogP contribution in [-0.2, 0) is 7.05 Å². The summed E-state index contributed by atoms with van der Waals surface area (Å²) in [4.78, 5) is 0. The van der Waals surface area contributed by atoms with Crippen molar-refractivity contribution in [2.75, 3.05) is 0 Å². The Morgan fingerprint density at radius 1 is 0.750 bits per heavy atom. The Bertz CT molecular complexity index is 1740. The van der Waals surface area contributed by atoms with Crippen LogP contribution in [0, 0.1) is 30.1 Å². The minimum absolute atomic E-state index is 0.653. The van der Waals surface area contributed by atoms with Crippen LogP contribution >= 0.6 is 0 Å². The molecular formula is C37H37N2O+. The lowest BCUT2D eigenvalue weighted by Crippen LogP contribution is -2.30. The number of rotatable bonds is 4. The molecule has 5 aromatic rings. The molecule has 0 radical (unpaired) electrons. The van der Waals surface area contributed by atoms with Crippen LogP contribution in [-0.4, -0.2) is 0 Å². The fraction of sp³-hybridized carbons (Fsp3) is 0.351. The fourth-order valence-electron chi connectivity index (χ4n) is 7.76. The first-order valence-corrected chi connectivity index (χ1v) is 15.1. The van der Waals surface area contributed by atoms with Crippen LogP contribution in [0.1, 0.15) is 74.0 Å². The summed E-state index contributed by atoms with van der Waals surface area (Å²) < 4.78 is 8.88. The largest absolute Gasteiger partial charge is 0.454 e. The second-order valence-electron chi connectivity index (χ2n) is 12.2. The Labute approximate surface area is 237 Å². The van der Waals surface area contributed by atoms with E-state index in [-0.39, 0.29) is 0 Å². The van der Waals surface area contributed by atoms with Gasteiger partial charge >= 0.3 is 0 Å². The molecule has 3 heteroatoms. The predicted molar refractivity (Wildman–Crippen MR) is 162 cm³/mol. The number of aryl methyl sites for hydroxylation is 2. The molecule has 0 amide bonds. The highest BCUT2D eigenvalue weighted by molar-refractivity contribution is 6.14. The second-order valence-corrected chi connectivity index (χ2v) is 12.2. The summed E-state index contributed by atoms with van der Waals surface area (Å²) in [6, 6.07) is 26.0. The van der Waals surface area contributed by atoms with Crippen LogP contribution in [0.3, 0.4) is 0 Å². The quantitative estimate of drug-likeness (QED) is 0.219. The summed E-state index contributed by atoms with van der Waals surface area (Å²) in [7, 11) is 2.07. The van der Waals surface area contributed by atoms with Crippen molar-refractivity contribution in [3.63, 3.8) is 0 Å². The Hall–Kier alpha value is -3.90. The average Bonchev–Trinajstić information content (AvgIpc) is 3.66. The smallest absolute Gasteiger partial charge is 0.216 e. The Morgan fingerprint density at radius 3 is 2.12 bits per heavy atom. The first kappa shape index (κ1) is 25.1. The van der Waals surface area contributed by atoms with Crippen LogP contribution in [0.2, 0.25) is 0 Å². The lowest BCUT2D eigenvalue weighted by Gasteiger charge is -2.32. The lowest BCUT2D eigenvalue weighted by molar-refractivity contribution is -0.660. The minimum Gasteiger partial charge on any atom is -0.454 e. The number of hydrogen-bond acceptors (Lipinski definition) is 2. The third kappa shape index (κ3) is 4.22. The Kier molecular flexibility index (Phi) is 6.43. The highest BCUT2D eigenvalue weighted by Gasteiger charge is 2.30. The first-order valence-electron chi connectivity index (χ1n) is 15.1. The highest BCUT2D eigenvalue weighted by atomic mass is 16.3. The van der Waals surface area contributed by atoms with Gasteiger partial charge in [0.1, 0.15) is 18.2 Å². The van der Waals surface area contributed by atoms with Gasteiger partial charge in [-0.2, -0.15) is 5.26 Å². The van der Waals surface area contributed by atoms with Crippen LogP contribution in [0.4, 0.5) is 0 Å². The van der Waals surface area contributed by atoms with Gasteiger partial charge in [-0.05, 0) is 85.3 Å². The van der Waals surface area contributed by atoms with E-state index in [4.69, 9.17) is 4.42 Å². The van der Waals surface area contributed by atoms with Crippen molar-refractivity contribution in [2.24, 2.45) is 18.9 Å². The summed E-state index contributed by atoms with van der Waals surface area (Å²) in [5.41, 5.74) is 9.10. The SMILES string of the molecule is Cc1ccc2c(oc3c(-c4ccc(C5CCC(C6CCCC6)CC5)cc4)c(C#N)ccc32)c1-c1cccc[n+]1C. The van der Waals surface area contributed by atoms with E-state index in [0.717, 1.165) is 56.2 Å². The number of nitrogens with zero attached hydrogens (tertiary/aromatic N) is 2. The molecule has 2 fully saturated rings. The maximum Gasteiger partial charge on any atom is 0.216 e. The molecule has 0 N–H and O–H groups in total. The van der Waals surface area contributed by atoms with Gasteiger partial charge in [-0.1, -0.05) is 62.1 Å². The van der Waals surface area contributed by atoms with Gasteiger partial charge in [-0.3, -0.25) is 0 Å². The minimum atomic E-state index is 0.653. The number of aromatic nitrogens is 1. The van der Waals surface area contributed by atoms with Crippen molar-refractivity contribution in [3.8, 4) is 28.5 Å². The molecule has 40 heavy (non-hydrogen) atoms. The standard InChI is InChI=1S/C37H37N2O/c1-24-10-20-31-32-21-19-30(23-38)35(37(32)40-36(31)34(24)33-9-5-6-22-39(33)2)29-17-15-28(16-18-29)27-13-11-26(12-14-27)25-7-3-4-8-25/h5-6,9-10,15-22,25-27H,3-4,7-8,11-14H2,1-2H3/q+1. The number of hydrogen-bond donors (Lipinski definition) is 0. The van der Waals surface area contributed by atoms with E-state index in [0.29, 0.717) is 11.5 Å². The number of furan rings is 1. The topological polar surface area (TPSA) is 40.8 Å². The van der Waals surface area contributed by atoms with E-state index in [2.05, 4.69) is 79.3 Å². The summed E-state index contributed by atoms with van der Waals surface area (Å²) in [5.74, 6) is 2.60. The van der Waals surface area contributed by atoms with Crippen molar-refractivity contribution in [1.82, 2.24) is 0 Å². The molecule has 2 heterocycles. The summed E-state index contributed by atoms with van der Waals surface area (Å²) in [6.07, 6.45) is 13.3. The van der Waals surface area contributed by atoms with Gasteiger partial charge in [-0.25, -0.2) is 4.57 Å². The Morgan fingerprint density at radius 2 is 1.43 bits per heavy atom. The van der Waals surface area contributed by atoms with Crippen LogP contribution < -0.4 is 4.57 Å². The van der Waals surface area contributed by atoms with Crippen LogP contribution in [0.25, 0.3) is 44.3 Å². The molecule has 3 nitrogen and oxygen atoms in total. The van der Waals surface area contributed by atoms with Crippen LogP contribution in [0.5, 0.6) is 0 Å². The van der Waals surface area contributed by atoms with Crippen molar-refractivity contribution in [3.05, 3.63) is 89.6 Å². The maximum atomic E-state index is 10.1. The molecule has 2 aromatic heterocycles. The molecule has 200 valence electrons. The van der Waals surface area contributed by atoms with E-state index in [1.54, 1.807) is 0 Å². The molecule has 2 saturated carbocycles. The van der Waals surface area contributed by atoms with Gasteiger partial charge in [0.05, 0.1) is 17.2 Å². The first-order chi connectivity index (χ1) is 19.6. The number of pyridine rings is 1. The highest BCUT2D eigenvalue weighted by Crippen LogP contribution is 2.45. The normalized spacial score (nSPS) is 19.8. The molecule has 0 bridgehead atoms. The number of benzene rings is 3. The third-order valence-corrected chi connectivity index (χ3v) is 9.96. The Balaban J connectivity index is 1.27. The van der Waals surface area contributed by atoms with Crippen LogP contribution in [0.15, 0.2) is 77.3 Å². The fourth-order valence-corrected chi connectivity index (χ4v) is 7.76. The monoisotopic (exact) mass is 525 g/mol. The maximum absolute atomic E-state index is 10.1. The van der Waals surface area contributed by atoms with E-state index in [1.807, 2.05) is 18.2 Å². The summed E-state index contributed by atoms with van der Waals surface area (Å²) in [5, 5.41) is 12.2.